The first-order valence-electron chi connectivity index (χ1n) is 11.2. The van der Waals surface area contributed by atoms with Crippen molar-refractivity contribution < 1.29 is 27.5 Å². The predicted molar refractivity (Wildman–Crippen MR) is 127 cm³/mol. The van der Waals surface area contributed by atoms with Gasteiger partial charge in [0.15, 0.2) is 6.10 Å². The molecule has 34 heavy (non-hydrogen) atoms. The van der Waals surface area contributed by atoms with Gasteiger partial charge in [0.25, 0.3) is 15.9 Å². The molecule has 0 bridgehead atoms. The van der Waals surface area contributed by atoms with Crippen LogP contribution in [0.15, 0.2) is 53.4 Å². The highest BCUT2D eigenvalue weighted by Crippen LogP contribution is 2.18. The van der Waals surface area contributed by atoms with E-state index in [1.54, 1.807) is 24.3 Å². The normalized spacial score (nSPS) is 15.1. The Kier molecular flexibility index (Phi) is 8.27. The van der Waals surface area contributed by atoms with E-state index in [0.717, 1.165) is 37.7 Å². The van der Waals surface area contributed by atoms with E-state index in [2.05, 4.69) is 15.4 Å². The second-order valence-electron chi connectivity index (χ2n) is 8.34. The molecule has 2 aromatic carbocycles. The Morgan fingerprint density at radius 1 is 0.941 bits per heavy atom. The molecule has 0 radical (unpaired) electrons. The zero-order chi connectivity index (χ0) is 24.7. The molecule has 182 valence electrons. The van der Waals surface area contributed by atoms with Gasteiger partial charge in [-0.1, -0.05) is 37.0 Å². The lowest BCUT2D eigenvalue weighted by molar-refractivity contribution is -0.127. The molecule has 1 aliphatic carbocycles. The molecule has 10 heteroatoms. The average molecular weight is 488 g/mol. The maximum absolute atomic E-state index is 12.6. The lowest BCUT2D eigenvalue weighted by atomic mass is 9.96. The second kappa shape index (κ2) is 11.1. The number of esters is 1. The highest BCUT2D eigenvalue weighted by Gasteiger charge is 2.23. The smallest absolute Gasteiger partial charge is 0.338 e. The van der Waals surface area contributed by atoms with Crippen LogP contribution in [0.5, 0.6) is 0 Å². The average Bonchev–Trinajstić information content (AvgIpc) is 2.81. The highest BCUT2D eigenvalue weighted by atomic mass is 32.2. The van der Waals surface area contributed by atoms with E-state index in [0.29, 0.717) is 5.69 Å². The summed E-state index contributed by atoms with van der Waals surface area (Å²) in [6.45, 7) is 3.25. The molecule has 1 saturated carbocycles. The van der Waals surface area contributed by atoms with Gasteiger partial charge in [-0.2, -0.15) is 0 Å². The first-order valence-corrected chi connectivity index (χ1v) is 12.6. The predicted octanol–water partition coefficient (Wildman–Crippen LogP) is 3.50. The summed E-state index contributed by atoms with van der Waals surface area (Å²) in [7, 11) is -3.84. The van der Waals surface area contributed by atoms with Gasteiger partial charge in [-0.3, -0.25) is 14.8 Å². The molecule has 0 aliphatic heterocycles. The molecule has 1 fully saturated rings. The number of carbonyl (C=O) groups is 3. The third kappa shape index (κ3) is 7.05. The summed E-state index contributed by atoms with van der Waals surface area (Å²) in [5, 5.41) is 4.94. The Bertz CT molecular complexity index is 1120. The van der Waals surface area contributed by atoms with Crippen LogP contribution in [0.3, 0.4) is 0 Å². The fourth-order valence-corrected chi connectivity index (χ4v) is 4.63. The van der Waals surface area contributed by atoms with Crippen molar-refractivity contribution in [2.45, 2.75) is 63.0 Å². The van der Waals surface area contributed by atoms with E-state index in [4.69, 9.17) is 4.74 Å². The standard InChI is InChI=1S/C24H29N3O6S/c1-16-8-12-20(13-9-16)27-34(31,32)21-14-10-18(11-15-21)23(29)33-17(2)22(28)26-24(30)25-19-6-4-3-5-7-19/h8-15,17,19,27H,3-7H2,1-2H3,(H2,25,26,28,30). The van der Waals surface area contributed by atoms with Crippen molar-refractivity contribution in [1.82, 2.24) is 10.6 Å². The van der Waals surface area contributed by atoms with E-state index in [-0.39, 0.29) is 16.5 Å². The Balaban J connectivity index is 1.53. The van der Waals surface area contributed by atoms with Crippen LogP contribution in [0.4, 0.5) is 10.5 Å². The minimum absolute atomic E-state index is 0.0326. The van der Waals surface area contributed by atoms with Crippen LogP contribution in [-0.4, -0.2) is 38.5 Å². The van der Waals surface area contributed by atoms with E-state index in [1.165, 1.54) is 31.2 Å². The minimum atomic E-state index is -3.84. The topological polar surface area (TPSA) is 131 Å². The van der Waals surface area contributed by atoms with Gasteiger partial charge in [-0.15, -0.1) is 0 Å². The maximum Gasteiger partial charge on any atom is 0.338 e. The number of hydrogen-bond acceptors (Lipinski definition) is 6. The fourth-order valence-electron chi connectivity index (χ4n) is 3.57. The largest absolute Gasteiger partial charge is 0.449 e. The summed E-state index contributed by atoms with van der Waals surface area (Å²) in [5.41, 5.74) is 1.49. The maximum atomic E-state index is 12.6. The third-order valence-electron chi connectivity index (χ3n) is 5.53. The van der Waals surface area contributed by atoms with Gasteiger partial charge < -0.3 is 10.1 Å². The number of hydrogen-bond donors (Lipinski definition) is 3. The first-order chi connectivity index (χ1) is 16.1. The number of ether oxygens (including phenoxy) is 1. The molecular weight excluding hydrogens is 458 g/mol. The number of rotatable bonds is 7. The van der Waals surface area contributed by atoms with Gasteiger partial charge in [0, 0.05) is 11.7 Å². The molecule has 0 aromatic heterocycles. The van der Waals surface area contributed by atoms with Gasteiger partial charge in [0.2, 0.25) is 0 Å². The van der Waals surface area contributed by atoms with Crippen LogP contribution < -0.4 is 15.4 Å². The first kappa shape index (κ1) is 25.2. The lowest BCUT2D eigenvalue weighted by Crippen LogP contribution is -2.48. The van der Waals surface area contributed by atoms with E-state index in [9.17, 15) is 22.8 Å². The van der Waals surface area contributed by atoms with Crippen LogP contribution in [0, 0.1) is 6.92 Å². The molecule has 9 nitrogen and oxygen atoms in total. The van der Waals surface area contributed by atoms with Gasteiger partial charge in [0.05, 0.1) is 10.5 Å². The van der Waals surface area contributed by atoms with Crippen molar-refractivity contribution in [2.75, 3.05) is 4.72 Å². The number of sulfonamides is 1. The molecule has 3 rings (SSSR count). The molecule has 0 saturated heterocycles. The van der Waals surface area contributed by atoms with Crippen molar-refractivity contribution in [3.8, 4) is 0 Å². The molecular formula is C24H29N3O6S. The summed E-state index contributed by atoms with van der Waals surface area (Å²) < 4.78 is 32.7. The van der Waals surface area contributed by atoms with Crippen LogP contribution in [0.1, 0.15) is 54.9 Å². The number of carbonyl (C=O) groups excluding carboxylic acids is 3. The quantitative estimate of drug-likeness (QED) is 0.513. The molecule has 0 heterocycles. The number of benzene rings is 2. The van der Waals surface area contributed by atoms with Gasteiger partial charge in [-0.05, 0) is 63.1 Å². The summed E-state index contributed by atoms with van der Waals surface area (Å²) in [6.07, 6.45) is 3.75. The number of anilines is 1. The number of aryl methyl sites for hydroxylation is 1. The Morgan fingerprint density at radius 2 is 1.56 bits per heavy atom. The van der Waals surface area contributed by atoms with Gasteiger partial charge in [-0.25, -0.2) is 18.0 Å². The van der Waals surface area contributed by atoms with E-state index >= 15 is 0 Å². The van der Waals surface area contributed by atoms with Crippen molar-refractivity contribution >= 4 is 33.6 Å². The van der Waals surface area contributed by atoms with Gasteiger partial charge >= 0.3 is 12.0 Å². The molecule has 1 atom stereocenters. The summed E-state index contributed by atoms with van der Waals surface area (Å²) >= 11 is 0. The number of nitrogens with one attached hydrogen (secondary N) is 3. The fraction of sp³-hybridized carbons (Fsp3) is 0.375. The summed E-state index contributed by atoms with van der Waals surface area (Å²) in [6, 6.07) is 11.4. The Hall–Kier alpha value is -3.40. The number of urea groups is 1. The molecule has 3 N–H and O–H groups in total. The zero-order valence-electron chi connectivity index (χ0n) is 19.2. The van der Waals surface area contributed by atoms with Crippen LogP contribution >= 0.6 is 0 Å². The molecule has 2 aromatic rings. The zero-order valence-corrected chi connectivity index (χ0v) is 20.0. The molecule has 3 amide bonds. The summed E-state index contributed by atoms with van der Waals surface area (Å²) in [5.74, 6) is -1.56. The molecule has 1 unspecified atom stereocenters. The monoisotopic (exact) mass is 487 g/mol. The van der Waals surface area contributed by atoms with Crippen LogP contribution in [-0.2, 0) is 19.6 Å². The number of imide groups is 1. The van der Waals surface area contributed by atoms with E-state index < -0.39 is 34.0 Å². The third-order valence-corrected chi connectivity index (χ3v) is 6.93. The van der Waals surface area contributed by atoms with Crippen molar-refractivity contribution in [3.63, 3.8) is 0 Å². The number of amides is 3. The minimum Gasteiger partial charge on any atom is -0.449 e. The SMILES string of the molecule is Cc1ccc(NS(=O)(=O)c2ccc(C(=O)OC(C)C(=O)NC(=O)NC3CCCCC3)cc2)cc1. The molecule has 1 aliphatic rings. The Labute approximate surface area is 199 Å². The van der Waals surface area contributed by atoms with Crippen molar-refractivity contribution in [3.05, 3.63) is 59.7 Å². The van der Waals surface area contributed by atoms with Crippen molar-refractivity contribution in [2.24, 2.45) is 0 Å². The van der Waals surface area contributed by atoms with Crippen LogP contribution in [0.25, 0.3) is 0 Å². The van der Waals surface area contributed by atoms with Gasteiger partial charge in [0.1, 0.15) is 0 Å². The van der Waals surface area contributed by atoms with Crippen molar-refractivity contribution in [1.29, 1.82) is 0 Å². The molecule has 0 spiro atoms. The second-order valence-corrected chi connectivity index (χ2v) is 10.0. The lowest BCUT2D eigenvalue weighted by Gasteiger charge is -2.23. The summed E-state index contributed by atoms with van der Waals surface area (Å²) in [4.78, 5) is 36.6. The Morgan fingerprint density at radius 3 is 2.18 bits per heavy atom. The van der Waals surface area contributed by atoms with E-state index in [1.807, 2.05) is 6.92 Å². The van der Waals surface area contributed by atoms with Crippen LogP contribution in [0.2, 0.25) is 0 Å². The highest BCUT2D eigenvalue weighted by molar-refractivity contribution is 7.92.